The summed E-state index contributed by atoms with van der Waals surface area (Å²) < 4.78 is 15.1. The summed E-state index contributed by atoms with van der Waals surface area (Å²) in [5, 5.41) is 0. The molecule has 0 unspecified atom stereocenters. The maximum Gasteiger partial charge on any atom is 0.185 e. The van der Waals surface area contributed by atoms with Crippen LogP contribution in [0.5, 0.6) is 0 Å². The van der Waals surface area contributed by atoms with Gasteiger partial charge >= 0.3 is 0 Å². The second-order valence-electron chi connectivity index (χ2n) is 3.66. The molecule has 15 heavy (non-hydrogen) atoms. The number of rotatable bonds is 2. The molecule has 2 aromatic rings. The maximum absolute atomic E-state index is 13.4. The number of para-hydroxylation sites is 1. The van der Waals surface area contributed by atoms with Crippen LogP contribution in [0.2, 0.25) is 0 Å². The lowest BCUT2D eigenvalue weighted by Crippen LogP contribution is -2.05. The Balaban J connectivity index is 2.86. The maximum atomic E-state index is 13.4. The molecule has 0 N–H and O–H groups in total. The van der Waals surface area contributed by atoms with Gasteiger partial charge in [0.05, 0.1) is 5.52 Å². The summed E-state index contributed by atoms with van der Waals surface area (Å²) in [6, 6.07) is 4.80. The zero-order valence-electron chi connectivity index (χ0n) is 8.57. The normalized spacial score (nSPS) is 11.2. The highest BCUT2D eigenvalue weighted by molar-refractivity contribution is 5.83. The Morgan fingerprint density at radius 3 is 2.80 bits per heavy atom. The number of carbonyl (C=O) groups is 1. The summed E-state index contributed by atoms with van der Waals surface area (Å²) in [7, 11) is 0. The van der Waals surface area contributed by atoms with E-state index in [2.05, 4.69) is 4.98 Å². The first kappa shape index (κ1) is 9.83. The fraction of sp³-hybridized carbons (Fsp3) is 0.273. The number of benzene rings is 1. The molecule has 0 aliphatic carbocycles. The molecule has 3 nitrogen and oxygen atoms in total. The van der Waals surface area contributed by atoms with Crippen LogP contribution in [0.4, 0.5) is 4.39 Å². The summed E-state index contributed by atoms with van der Waals surface area (Å²) >= 11 is 0. The van der Waals surface area contributed by atoms with Crippen LogP contribution in [0, 0.1) is 5.82 Å². The summed E-state index contributed by atoms with van der Waals surface area (Å²) in [6.45, 7) is 3.86. The largest absolute Gasteiger partial charge is 0.319 e. The molecular formula is C11H11FN2O. The van der Waals surface area contributed by atoms with E-state index in [1.165, 1.54) is 6.07 Å². The van der Waals surface area contributed by atoms with Crippen LogP contribution < -0.4 is 0 Å². The average Bonchev–Trinajstić information content (AvgIpc) is 2.57. The van der Waals surface area contributed by atoms with Crippen LogP contribution in [-0.2, 0) is 0 Å². The van der Waals surface area contributed by atoms with Crippen molar-refractivity contribution in [3.63, 3.8) is 0 Å². The third-order valence-electron chi connectivity index (χ3n) is 2.32. The summed E-state index contributed by atoms with van der Waals surface area (Å²) in [5.74, 6) is -0.125. The van der Waals surface area contributed by atoms with Crippen molar-refractivity contribution in [2.75, 3.05) is 0 Å². The van der Waals surface area contributed by atoms with E-state index < -0.39 is 5.82 Å². The molecule has 1 heterocycles. The lowest BCUT2D eigenvalue weighted by atomic mass is 10.3. The van der Waals surface area contributed by atoms with Gasteiger partial charge in [-0.15, -0.1) is 0 Å². The van der Waals surface area contributed by atoms with Crippen molar-refractivity contribution in [3.05, 3.63) is 29.8 Å². The van der Waals surface area contributed by atoms with Gasteiger partial charge in [0.15, 0.2) is 17.9 Å². The first-order valence-electron chi connectivity index (χ1n) is 4.76. The minimum atomic E-state index is -0.394. The molecule has 4 heteroatoms. The molecule has 0 bridgehead atoms. The minimum absolute atomic E-state index is 0.0806. The molecule has 0 atom stereocenters. The Labute approximate surface area is 86.5 Å². The fourth-order valence-electron chi connectivity index (χ4n) is 1.73. The van der Waals surface area contributed by atoms with Gasteiger partial charge in [-0.3, -0.25) is 4.79 Å². The first-order valence-corrected chi connectivity index (χ1v) is 4.76. The van der Waals surface area contributed by atoms with Gasteiger partial charge in [0.2, 0.25) is 0 Å². The molecular weight excluding hydrogens is 195 g/mol. The summed E-state index contributed by atoms with van der Waals surface area (Å²) in [5.41, 5.74) is 0.917. The van der Waals surface area contributed by atoms with Crippen molar-refractivity contribution in [3.8, 4) is 0 Å². The smallest absolute Gasteiger partial charge is 0.185 e. The van der Waals surface area contributed by atoms with Crippen LogP contribution in [0.25, 0.3) is 11.0 Å². The van der Waals surface area contributed by atoms with Gasteiger partial charge in [-0.05, 0) is 26.0 Å². The van der Waals surface area contributed by atoms with Crippen LogP contribution in [-0.4, -0.2) is 15.8 Å². The number of carbonyl (C=O) groups excluding carboxylic acids is 1. The fourth-order valence-corrected chi connectivity index (χ4v) is 1.73. The topological polar surface area (TPSA) is 34.9 Å². The summed E-state index contributed by atoms with van der Waals surface area (Å²) in [6.07, 6.45) is 0.652. The van der Waals surface area contributed by atoms with Crippen molar-refractivity contribution in [1.82, 2.24) is 9.55 Å². The molecule has 0 aliphatic heterocycles. The molecule has 1 aromatic carbocycles. The zero-order chi connectivity index (χ0) is 11.0. The molecule has 0 saturated heterocycles. The zero-order valence-corrected chi connectivity index (χ0v) is 8.57. The molecule has 78 valence electrons. The molecule has 0 saturated carbocycles. The Hall–Kier alpha value is -1.71. The average molecular weight is 206 g/mol. The van der Waals surface area contributed by atoms with Gasteiger partial charge in [-0.2, -0.15) is 0 Å². The quantitative estimate of drug-likeness (QED) is 0.708. The minimum Gasteiger partial charge on any atom is -0.319 e. The molecule has 0 fully saturated rings. The van der Waals surface area contributed by atoms with Crippen molar-refractivity contribution in [1.29, 1.82) is 0 Å². The van der Waals surface area contributed by atoms with Gasteiger partial charge in [-0.25, -0.2) is 9.37 Å². The van der Waals surface area contributed by atoms with E-state index in [4.69, 9.17) is 0 Å². The highest BCUT2D eigenvalue weighted by Gasteiger charge is 2.14. The standard InChI is InChI=1S/C11H11FN2O/c1-7(2)14-9-5-3-4-8(12)11(9)13-10(14)6-15/h3-7H,1-2H3. The second-order valence-corrected chi connectivity index (χ2v) is 3.66. The van der Waals surface area contributed by atoms with E-state index in [9.17, 15) is 9.18 Å². The van der Waals surface area contributed by atoms with E-state index in [1.54, 1.807) is 16.7 Å². The third kappa shape index (κ3) is 1.42. The Kier molecular flexibility index (Phi) is 2.26. The lowest BCUT2D eigenvalue weighted by Gasteiger charge is -2.09. The molecule has 2 rings (SSSR count). The Morgan fingerprint density at radius 1 is 1.47 bits per heavy atom. The number of halogens is 1. The highest BCUT2D eigenvalue weighted by atomic mass is 19.1. The number of nitrogens with zero attached hydrogens (tertiary/aromatic N) is 2. The van der Waals surface area contributed by atoms with Gasteiger partial charge < -0.3 is 4.57 Å². The van der Waals surface area contributed by atoms with E-state index in [0.29, 0.717) is 11.8 Å². The van der Waals surface area contributed by atoms with E-state index in [0.717, 1.165) is 0 Å². The first-order chi connectivity index (χ1) is 7.15. The van der Waals surface area contributed by atoms with Crippen LogP contribution >= 0.6 is 0 Å². The van der Waals surface area contributed by atoms with Gasteiger partial charge in [0.25, 0.3) is 0 Å². The van der Waals surface area contributed by atoms with E-state index in [1.807, 2.05) is 13.8 Å². The number of imidazole rings is 1. The number of fused-ring (bicyclic) bond motifs is 1. The van der Waals surface area contributed by atoms with Crippen LogP contribution in [0.15, 0.2) is 18.2 Å². The SMILES string of the molecule is CC(C)n1c(C=O)nc2c(F)cccc21. The van der Waals surface area contributed by atoms with Gasteiger partial charge in [0.1, 0.15) is 5.52 Å². The molecule has 1 aromatic heterocycles. The van der Waals surface area contributed by atoms with Crippen molar-refractivity contribution in [2.24, 2.45) is 0 Å². The second kappa shape index (κ2) is 3.46. The molecule has 0 radical (unpaired) electrons. The highest BCUT2D eigenvalue weighted by Crippen LogP contribution is 2.22. The predicted octanol–water partition coefficient (Wildman–Crippen LogP) is 2.57. The van der Waals surface area contributed by atoms with Crippen molar-refractivity contribution < 1.29 is 9.18 Å². The third-order valence-corrected chi connectivity index (χ3v) is 2.32. The molecule has 0 aliphatic rings. The van der Waals surface area contributed by atoms with Crippen LogP contribution in [0.1, 0.15) is 30.5 Å². The molecule has 0 amide bonds. The van der Waals surface area contributed by atoms with Gasteiger partial charge in [-0.1, -0.05) is 6.07 Å². The molecule has 0 spiro atoms. The summed E-state index contributed by atoms with van der Waals surface area (Å²) in [4.78, 5) is 14.8. The van der Waals surface area contributed by atoms with E-state index >= 15 is 0 Å². The van der Waals surface area contributed by atoms with E-state index in [-0.39, 0.29) is 17.4 Å². The lowest BCUT2D eigenvalue weighted by molar-refractivity contribution is 0.111. The van der Waals surface area contributed by atoms with Crippen molar-refractivity contribution >= 4 is 17.3 Å². The number of hydrogen-bond donors (Lipinski definition) is 0. The number of aromatic nitrogens is 2. The number of aldehydes is 1. The van der Waals surface area contributed by atoms with Gasteiger partial charge in [0, 0.05) is 6.04 Å². The predicted molar refractivity (Wildman–Crippen MR) is 55.5 cm³/mol. The van der Waals surface area contributed by atoms with Crippen molar-refractivity contribution in [2.45, 2.75) is 19.9 Å². The number of hydrogen-bond acceptors (Lipinski definition) is 2. The monoisotopic (exact) mass is 206 g/mol. The van der Waals surface area contributed by atoms with Crippen LogP contribution in [0.3, 0.4) is 0 Å². The Morgan fingerprint density at radius 2 is 2.20 bits per heavy atom. The Bertz CT molecular complexity index is 517.